The quantitative estimate of drug-likeness (QED) is 0.163. The molecule has 0 saturated carbocycles. The topological polar surface area (TPSA) is 116 Å². The van der Waals surface area contributed by atoms with Crippen molar-refractivity contribution in [1.29, 1.82) is 0 Å². The molecule has 1 heterocycles. The number of nitrogens with one attached hydrogen (secondary N) is 1. The predicted molar refractivity (Wildman–Crippen MR) is 135 cm³/mol. The van der Waals surface area contributed by atoms with Gasteiger partial charge >= 0.3 is 5.97 Å². The largest absolute Gasteiger partial charge is 0.449 e. The third-order valence-corrected chi connectivity index (χ3v) is 5.20. The predicted octanol–water partition coefficient (Wildman–Crippen LogP) is 5.03. The van der Waals surface area contributed by atoms with Gasteiger partial charge in [0, 0.05) is 41.2 Å². The molecule has 1 aromatic heterocycles. The first-order chi connectivity index (χ1) is 17.4. The van der Waals surface area contributed by atoms with Crippen LogP contribution in [0.3, 0.4) is 0 Å². The van der Waals surface area contributed by atoms with Crippen LogP contribution in [0.5, 0.6) is 0 Å². The number of carbonyl (C=O) groups excluding carboxylic acids is 2. The molecular formula is C27H22N4O5. The maximum Gasteiger partial charge on any atom is 0.331 e. The van der Waals surface area contributed by atoms with Crippen molar-refractivity contribution in [1.82, 2.24) is 9.78 Å². The summed E-state index contributed by atoms with van der Waals surface area (Å²) in [4.78, 5) is 35.2. The molecule has 4 aromatic rings. The molecule has 0 aliphatic rings. The van der Waals surface area contributed by atoms with Crippen LogP contribution in [-0.4, -0.2) is 32.7 Å². The number of amides is 1. The van der Waals surface area contributed by atoms with E-state index in [0.717, 1.165) is 11.3 Å². The lowest BCUT2D eigenvalue weighted by molar-refractivity contribution is -0.384. The van der Waals surface area contributed by atoms with Crippen molar-refractivity contribution in [2.24, 2.45) is 0 Å². The molecule has 0 aliphatic carbocycles. The number of non-ortho nitro benzene ring substituents is 1. The van der Waals surface area contributed by atoms with Gasteiger partial charge in [0.25, 0.3) is 11.6 Å². The number of esters is 1. The minimum absolute atomic E-state index is 0.161. The summed E-state index contributed by atoms with van der Waals surface area (Å²) in [6.07, 6.45) is 3.50. The highest BCUT2D eigenvalue weighted by atomic mass is 16.6. The van der Waals surface area contributed by atoms with E-state index in [2.05, 4.69) is 10.4 Å². The van der Waals surface area contributed by atoms with Crippen LogP contribution >= 0.6 is 0 Å². The second kappa shape index (κ2) is 10.9. The fourth-order valence-corrected chi connectivity index (χ4v) is 3.41. The summed E-state index contributed by atoms with van der Waals surface area (Å²) in [7, 11) is 0. The maximum absolute atomic E-state index is 12.4. The van der Waals surface area contributed by atoms with E-state index in [1.165, 1.54) is 37.3 Å². The van der Waals surface area contributed by atoms with Crippen LogP contribution < -0.4 is 5.32 Å². The van der Waals surface area contributed by atoms with Crippen LogP contribution in [0, 0.1) is 10.1 Å². The van der Waals surface area contributed by atoms with Gasteiger partial charge in [-0.25, -0.2) is 9.48 Å². The minimum atomic E-state index is -1.12. The van der Waals surface area contributed by atoms with Crippen molar-refractivity contribution in [3.63, 3.8) is 0 Å². The van der Waals surface area contributed by atoms with E-state index in [1.807, 2.05) is 60.7 Å². The Morgan fingerprint density at radius 1 is 1.03 bits per heavy atom. The summed E-state index contributed by atoms with van der Waals surface area (Å²) in [5, 5.41) is 18.1. The van der Waals surface area contributed by atoms with Crippen LogP contribution in [0.4, 0.5) is 11.4 Å². The standard InChI is InChI=1S/C27H22N4O5/c1-19(27(33)28-22-11-8-14-24(17-22)31(34)35)36-25(32)16-15-21-18-30(23-12-6-3-7-13-23)29-26(21)20-9-4-2-5-10-20/h2-19H,1H3,(H,28,33). The van der Waals surface area contributed by atoms with Gasteiger partial charge in [-0.3, -0.25) is 14.9 Å². The maximum atomic E-state index is 12.4. The van der Waals surface area contributed by atoms with Gasteiger partial charge in [0.1, 0.15) is 0 Å². The number of rotatable bonds is 8. The highest BCUT2D eigenvalue weighted by Gasteiger charge is 2.18. The zero-order valence-corrected chi connectivity index (χ0v) is 19.3. The molecule has 36 heavy (non-hydrogen) atoms. The van der Waals surface area contributed by atoms with E-state index in [1.54, 1.807) is 17.0 Å². The summed E-state index contributed by atoms with van der Waals surface area (Å²) < 4.78 is 6.95. The number of benzene rings is 3. The van der Waals surface area contributed by atoms with Crippen LogP contribution in [0.15, 0.2) is 97.2 Å². The Bertz CT molecular complexity index is 1410. The Balaban J connectivity index is 1.47. The number of aromatic nitrogens is 2. The zero-order chi connectivity index (χ0) is 25.5. The molecule has 0 radical (unpaired) electrons. The lowest BCUT2D eigenvalue weighted by atomic mass is 10.1. The van der Waals surface area contributed by atoms with Crippen molar-refractivity contribution in [2.75, 3.05) is 5.32 Å². The van der Waals surface area contributed by atoms with E-state index in [9.17, 15) is 19.7 Å². The average Bonchev–Trinajstić information content (AvgIpc) is 3.33. The van der Waals surface area contributed by atoms with Gasteiger partial charge in [0.05, 0.1) is 16.3 Å². The summed E-state index contributed by atoms with van der Waals surface area (Å²) >= 11 is 0. The smallest absolute Gasteiger partial charge is 0.331 e. The molecule has 180 valence electrons. The van der Waals surface area contributed by atoms with Gasteiger partial charge in [-0.2, -0.15) is 5.10 Å². The first-order valence-corrected chi connectivity index (χ1v) is 11.1. The van der Waals surface area contributed by atoms with Crippen LogP contribution in [0.25, 0.3) is 23.0 Å². The number of hydrogen-bond donors (Lipinski definition) is 1. The average molecular weight is 482 g/mol. The Morgan fingerprint density at radius 2 is 1.72 bits per heavy atom. The molecule has 0 fully saturated rings. The molecule has 9 heteroatoms. The van der Waals surface area contributed by atoms with Gasteiger partial charge in [-0.1, -0.05) is 54.6 Å². The van der Waals surface area contributed by atoms with E-state index >= 15 is 0 Å². The van der Waals surface area contributed by atoms with Crippen LogP contribution in [0.2, 0.25) is 0 Å². The third-order valence-electron chi connectivity index (χ3n) is 5.20. The van der Waals surface area contributed by atoms with Crippen LogP contribution in [-0.2, 0) is 14.3 Å². The second-order valence-electron chi connectivity index (χ2n) is 7.79. The summed E-state index contributed by atoms with van der Waals surface area (Å²) in [5.41, 5.74) is 3.18. The molecule has 1 N–H and O–H groups in total. The normalized spacial score (nSPS) is 11.7. The second-order valence-corrected chi connectivity index (χ2v) is 7.79. The minimum Gasteiger partial charge on any atom is -0.449 e. The lowest BCUT2D eigenvalue weighted by Crippen LogP contribution is -2.29. The number of hydrogen-bond acceptors (Lipinski definition) is 6. The van der Waals surface area contributed by atoms with Crippen molar-refractivity contribution in [3.05, 3.63) is 113 Å². The summed E-state index contributed by atoms with van der Waals surface area (Å²) in [5.74, 6) is -1.33. The van der Waals surface area contributed by atoms with Crippen molar-refractivity contribution in [2.45, 2.75) is 13.0 Å². The number of nitrogens with zero attached hydrogens (tertiary/aromatic N) is 3. The molecule has 3 aromatic carbocycles. The molecule has 0 saturated heterocycles. The zero-order valence-electron chi connectivity index (χ0n) is 19.3. The molecule has 1 atom stereocenters. The first-order valence-electron chi connectivity index (χ1n) is 11.1. The number of carbonyl (C=O) groups is 2. The SMILES string of the molecule is CC(OC(=O)C=Cc1cn(-c2ccccc2)nc1-c1ccccc1)C(=O)Nc1cccc([N+](=O)[O-])c1. The monoisotopic (exact) mass is 482 g/mol. The lowest BCUT2D eigenvalue weighted by Gasteiger charge is -2.12. The molecule has 1 unspecified atom stereocenters. The van der Waals surface area contributed by atoms with E-state index in [0.29, 0.717) is 11.3 Å². The molecule has 4 rings (SSSR count). The van der Waals surface area contributed by atoms with E-state index in [-0.39, 0.29) is 11.4 Å². The first kappa shape index (κ1) is 24.1. The number of nitro groups is 1. The fraction of sp³-hybridized carbons (Fsp3) is 0.0741. The van der Waals surface area contributed by atoms with E-state index in [4.69, 9.17) is 4.74 Å². The molecule has 9 nitrogen and oxygen atoms in total. The summed E-state index contributed by atoms with van der Waals surface area (Å²) in [6, 6.07) is 24.6. The number of para-hydroxylation sites is 1. The molecule has 0 bridgehead atoms. The summed E-state index contributed by atoms with van der Waals surface area (Å²) in [6.45, 7) is 1.42. The Labute approximate surface area is 206 Å². The molecule has 0 spiro atoms. The van der Waals surface area contributed by atoms with Crippen LogP contribution in [0.1, 0.15) is 12.5 Å². The van der Waals surface area contributed by atoms with Gasteiger partial charge in [-0.05, 0) is 31.2 Å². The Morgan fingerprint density at radius 3 is 2.42 bits per heavy atom. The van der Waals surface area contributed by atoms with Crippen molar-refractivity contribution < 1.29 is 19.2 Å². The van der Waals surface area contributed by atoms with Crippen molar-refractivity contribution >= 4 is 29.3 Å². The van der Waals surface area contributed by atoms with Gasteiger partial charge in [-0.15, -0.1) is 0 Å². The van der Waals surface area contributed by atoms with Gasteiger partial charge in [0.2, 0.25) is 0 Å². The Kier molecular flexibility index (Phi) is 7.30. The van der Waals surface area contributed by atoms with Gasteiger partial charge < -0.3 is 10.1 Å². The molecule has 0 aliphatic heterocycles. The fourth-order valence-electron chi connectivity index (χ4n) is 3.41. The Hall–Kier alpha value is -5.05. The van der Waals surface area contributed by atoms with E-state index < -0.39 is 22.9 Å². The van der Waals surface area contributed by atoms with Crippen molar-refractivity contribution in [3.8, 4) is 16.9 Å². The highest BCUT2D eigenvalue weighted by Crippen LogP contribution is 2.25. The number of nitro benzene ring substituents is 1. The molecule has 1 amide bonds. The molecular weight excluding hydrogens is 460 g/mol. The number of ether oxygens (including phenoxy) is 1. The third kappa shape index (κ3) is 5.89. The van der Waals surface area contributed by atoms with Gasteiger partial charge in [0.15, 0.2) is 6.10 Å². The number of anilines is 1. The highest BCUT2D eigenvalue weighted by molar-refractivity contribution is 5.97.